The highest BCUT2D eigenvalue weighted by Gasteiger charge is 2.29. The Morgan fingerprint density at radius 3 is 2.68 bits per heavy atom. The van der Waals surface area contributed by atoms with E-state index in [1.54, 1.807) is 24.3 Å². The number of hydrogen-bond acceptors (Lipinski definition) is 5. The van der Waals surface area contributed by atoms with Gasteiger partial charge in [-0.2, -0.15) is 0 Å². The summed E-state index contributed by atoms with van der Waals surface area (Å²) in [6.45, 7) is 0.331. The van der Waals surface area contributed by atoms with Gasteiger partial charge in [-0.15, -0.1) is 0 Å². The second-order valence-electron chi connectivity index (χ2n) is 4.78. The maximum Gasteiger partial charge on any atom is 0.178 e. The summed E-state index contributed by atoms with van der Waals surface area (Å²) in [6, 6.07) is 6.79. The van der Waals surface area contributed by atoms with Crippen LogP contribution in [0.1, 0.15) is 18.0 Å². The minimum Gasteiger partial charge on any atom is -0.309 e. The lowest BCUT2D eigenvalue weighted by molar-refractivity contribution is 0.502. The van der Waals surface area contributed by atoms with Gasteiger partial charge in [0.2, 0.25) is 0 Å². The van der Waals surface area contributed by atoms with Crippen molar-refractivity contribution in [1.29, 1.82) is 0 Å². The molecule has 1 atom stereocenters. The topological polar surface area (TPSA) is 80.3 Å². The summed E-state index contributed by atoms with van der Waals surface area (Å²) in [5.41, 5.74) is 0.738. The Bertz CT molecular complexity index is 665. The molecule has 0 aliphatic carbocycles. The molecule has 19 heavy (non-hydrogen) atoms. The van der Waals surface area contributed by atoms with Crippen LogP contribution in [-0.2, 0) is 19.7 Å². The van der Waals surface area contributed by atoms with Crippen LogP contribution in [0.25, 0.3) is 0 Å². The maximum absolute atomic E-state index is 11.9. The number of fused-ring (bicyclic) bond motifs is 1. The van der Waals surface area contributed by atoms with Crippen LogP contribution >= 0.6 is 0 Å². The fraction of sp³-hybridized carbons (Fsp3) is 0.500. The molecule has 1 aliphatic rings. The van der Waals surface area contributed by atoms with Gasteiger partial charge in [0.1, 0.15) is 9.84 Å². The average Bonchev–Trinajstić information content (AvgIpc) is 2.31. The molecule has 1 N–H and O–H groups in total. The molecule has 0 amide bonds. The molecule has 0 radical (unpaired) electrons. The molecule has 1 aliphatic heterocycles. The second kappa shape index (κ2) is 5.22. The van der Waals surface area contributed by atoms with Crippen LogP contribution in [0.3, 0.4) is 0 Å². The minimum absolute atomic E-state index is 0.0540. The zero-order valence-electron chi connectivity index (χ0n) is 10.7. The summed E-state index contributed by atoms with van der Waals surface area (Å²) >= 11 is 0. The first-order valence-corrected chi connectivity index (χ1v) is 9.74. The van der Waals surface area contributed by atoms with E-state index in [4.69, 9.17) is 0 Å². The van der Waals surface area contributed by atoms with Crippen LogP contribution in [0.5, 0.6) is 0 Å². The molecule has 1 unspecified atom stereocenters. The first-order chi connectivity index (χ1) is 8.80. The molecule has 106 valence electrons. The first kappa shape index (κ1) is 14.5. The quantitative estimate of drug-likeness (QED) is 0.878. The van der Waals surface area contributed by atoms with E-state index in [9.17, 15) is 16.8 Å². The predicted molar refractivity (Wildman–Crippen MR) is 73.6 cm³/mol. The Morgan fingerprint density at radius 2 is 2.00 bits per heavy atom. The van der Waals surface area contributed by atoms with E-state index in [1.165, 1.54) is 6.26 Å². The van der Waals surface area contributed by atoms with Crippen molar-refractivity contribution in [3.63, 3.8) is 0 Å². The van der Waals surface area contributed by atoms with Crippen LogP contribution in [-0.4, -0.2) is 41.1 Å². The number of benzene rings is 1. The van der Waals surface area contributed by atoms with E-state index >= 15 is 0 Å². The van der Waals surface area contributed by atoms with Crippen molar-refractivity contribution in [2.75, 3.05) is 24.3 Å². The van der Waals surface area contributed by atoms with E-state index in [0.29, 0.717) is 17.9 Å². The van der Waals surface area contributed by atoms with Crippen LogP contribution in [0.15, 0.2) is 29.2 Å². The van der Waals surface area contributed by atoms with E-state index in [1.807, 2.05) is 0 Å². The van der Waals surface area contributed by atoms with Gasteiger partial charge in [0.15, 0.2) is 9.84 Å². The molecule has 0 saturated carbocycles. The molecule has 1 heterocycles. The zero-order chi connectivity index (χ0) is 14.1. The monoisotopic (exact) mass is 303 g/mol. The number of sulfone groups is 2. The highest BCUT2D eigenvalue weighted by molar-refractivity contribution is 7.91. The summed E-state index contributed by atoms with van der Waals surface area (Å²) in [5, 5.41) is 3.13. The lowest BCUT2D eigenvalue weighted by Gasteiger charge is -2.26. The van der Waals surface area contributed by atoms with Gasteiger partial charge in [-0.1, -0.05) is 18.2 Å². The highest BCUT2D eigenvalue weighted by Crippen LogP contribution is 2.31. The number of rotatable bonds is 4. The second-order valence-corrected chi connectivity index (χ2v) is 9.12. The summed E-state index contributed by atoms with van der Waals surface area (Å²) in [6.07, 6.45) is 1.66. The SMILES string of the molecule is CS(=O)(=O)CCNC1CCS(=O)(=O)c2ccccc21. The Hall–Kier alpha value is -0.920. The van der Waals surface area contributed by atoms with Crippen LogP contribution in [0, 0.1) is 0 Å². The van der Waals surface area contributed by atoms with Gasteiger partial charge < -0.3 is 5.32 Å². The van der Waals surface area contributed by atoms with Crippen molar-refractivity contribution >= 4 is 19.7 Å². The summed E-state index contributed by atoms with van der Waals surface area (Å²) in [4.78, 5) is 0.359. The van der Waals surface area contributed by atoms with Gasteiger partial charge in [0.25, 0.3) is 0 Å². The smallest absolute Gasteiger partial charge is 0.178 e. The predicted octanol–water partition coefficient (Wildman–Crippen LogP) is 0.539. The third-order valence-electron chi connectivity index (χ3n) is 3.17. The zero-order valence-corrected chi connectivity index (χ0v) is 12.3. The van der Waals surface area contributed by atoms with E-state index in [2.05, 4.69) is 5.32 Å². The minimum atomic E-state index is -3.19. The molecule has 1 aromatic carbocycles. The van der Waals surface area contributed by atoms with E-state index in [-0.39, 0.29) is 17.5 Å². The molecule has 0 spiro atoms. The van der Waals surface area contributed by atoms with Crippen molar-refractivity contribution in [3.8, 4) is 0 Å². The van der Waals surface area contributed by atoms with Crippen molar-refractivity contribution in [2.24, 2.45) is 0 Å². The number of hydrogen-bond donors (Lipinski definition) is 1. The molecule has 1 aromatic rings. The number of nitrogens with one attached hydrogen (secondary N) is 1. The lowest BCUT2D eigenvalue weighted by atomic mass is 10.0. The largest absolute Gasteiger partial charge is 0.309 e. The third kappa shape index (κ3) is 3.55. The van der Waals surface area contributed by atoms with Crippen molar-refractivity contribution < 1.29 is 16.8 Å². The summed E-state index contributed by atoms with van der Waals surface area (Å²) in [5.74, 6) is 0.152. The normalized spacial score (nSPS) is 21.8. The lowest BCUT2D eigenvalue weighted by Crippen LogP contribution is -2.32. The van der Waals surface area contributed by atoms with Gasteiger partial charge in [-0.25, -0.2) is 16.8 Å². The molecular formula is C12H17NO4S2. The molecule has 5 nitrogen and oxygen atoms in total. The van der Waals surface area contributed by atoms with Gasteiger partial charge in [-0.3, -0.25) is 0 Å². The van der Waals surface area contributed by atoms with Crippen molar-refractivity contribution in [2.45, 2.75) is 17.4 Å². The highest BCUT2D eigenvalue weighted by atomic mass is 32.2. The molecule has 0 aromatic heterocycles. The molecule has 7 heteroatoms. The average molecular weight is 303 g/mol. The fourth-order valence-corrected chi connectivity index (χ4v) is 4.33. The molecule has 0 bridgehead atoms. The summed E-state index contributed by atoms with van der Waals surface area (Å²) < 4.78 is 46.0. The summed E-state index contributed by atoms with van der Waals surface area (Å²) in [7, 11) is -6.19. The third-order valence-corrected chi connectivity index (χ3v) is 5.93. The Kier molecular flexibility index (Phi) is 3.98. The standard InChI is InChI=1S/C12H17NO4S2/c1-18(14,15)9-7-13-11-6-8-19(16,17)12-5-3-2-4-10(11)12/h2-5,11,13H,6-9H2,1H3. The van der Waals surface area contributed by atoms with Gasteiger partial charge in [0, 0.05) is 18.8 Å². The van der Waals surface area contributed by atoms with Crippen molar-refractivity contribution in [1.82, 2.24) is 5.32 Å². The van der Waals surface area contributed by atoms with Gasteiger partial charge >= 0.3 is 0 Å². The van der Waals surface area contributed by atoms with Crippen LogP contribution in [0.2, 0.25) is 0 Å². The Morgan fingerprint density at radius 1 is 1.32 bits per heavy atom. The Balaban J connectivity index is 2.17. The van der Waals surface area contributed by atoms with E-state index < -0.39 is 19.7 Å². The Labute approximate surface area is 113 Å². The molecule has 0 saturated heterocycles. The molecule has 0 fully saturated rings. The van der Waals surface area contributed by atoms with Crippen LogP contribution in [0.4, 0.5) is 0 Å². The van der Waals surface area contributed by atoms with E-state index in [0.717, 1.165) is 5.56 Å². The first-order valence-electron chi connectivity index (χ1n) is 6.02. The fourth-order valence-electron chi connectivity index (χ4n) is 2.22. The van der Waals surface area contributed by atoms with Crippen molar-refractivity contribution in [3.05, 3.63) is 29.8 Å². The molecular weight excluding hydrogens is 286 g/mol. The van der Waals surface area contributed by atoms with Gasteiger partial charge in [-0.05, 0) is 18.1 Å². The van der Waals surface area contributed by atoms with Gasteiger partial charge in [0.05, 0.1) is 16.4 Å². The molecule has 2 rings (SSSR count). The van der Waals surface area contributed by atoms with Crippen LogP contribution < -0.4 is 5.32 Å². The maximum atomic E-state index is 11.9.